The molecule has 6 aromatic rings. The minimum atomic E-state index is -3.63. The van der Waals surface area contributed by atoms with Gasteiger partial charge in [-0.25, -0.2) is 26.8 Å². The van der Waals surface area contributed by atoms with Crippen LogP contribution < -0.4 is 33.5 Å². The quantitative estimate of drug-likeness (QED) is 0.101. The van der Waals surface area contributed by atoms with E-state index in [1.165, 1.54) is 54.7 Å². The van der Waals surface area contributed by atoms with E-state index in [0.717, 1.165) is 50.3 Å². The lowest BCUT2D eigenvalue weighted by atomic mass is 10.1. The predicted octanol–water partition coefficient (Wildman–Crippen LogP) is 7.30. The van der Waals surface area contributed by atoms with Crippen LogP contribution in [0.15, 0.2) is 110 Å². The van der Waals surface area contributed by atoms with Crippen LogP contribution in [-0.4, -0.2) is 123 Å². The molecule has 20 heteroatoms. The van der Waals surface area contributed by atoms with Crippen molar-refractivity contribution in [3.05, 3.63) is 123 Å². The molecule has 0 radical (unpaired) electrons. The van der Waals surface area contributed by atoms with Gasteiger partial charge in [0.1, 0.15) is 5.75 Å². The molecule has 8 rings (SSSR count). The highest BCUT2D eigenvalue weighted by molar-refractivity contribution is 9.10. The number of thiazole rings is 2. The van der Waals surface area contributed by atoms with Gasteiger partial charge in [-0.3, -0.25) is 0 Å². The van der Waals surface area contributed by atoms with Gasteiger partial charge in [-0.1, -0.05) is 40.2 Å². The molecule has 0 atom stereocenters. The molecule has 0 N–H and O–H groups in total. The summed E-state index contributed by atoms with van der Waals surface area (Å²) in [5, 5.41) is 5.97. The minimum Gasteiger partial charge on any atom is -0.497 e. The standard InChI is InChI=1S/C23H27N3O5S2.C22H24BrN3O4S2/c1-29-19-6-4-5-17(14-19)13-18-16-32-23(24-18)25-9-11-26(12-10-25)33(27,28)20-7-8-21(30-2)22(15-20)31-3;1-29-20-7-6-19(14-21(20)30-2)32(27,28)26-10-8-25(9-11-26)22-24-18(15-31-22)13-16-4-3-5-17(23)12-16/h4-8,14-16H,9-13H2,1-3H3;3-7,12,14-15H,8-11,13H2,1-2H3. The Morgan fingerprint density at radius 1 is 0.523 bits per heavy atom. The molecule has 4 heterocycles. The van der Waals surface area contributed by atoms with Crippen LogP contribution in [0, 0.1) is 0 Å². The number of aromatic nitrogens is 2. The maximum atomic E-state index is 13.1. The fourth-order valence-corrected chi connectivity index (χ4v) is 12.5. The fourth-order valence-electron chi connectivity index (χ4n) is 7.38. The molecule has 2 aromatic heterocycles. The molecule has 2 saturated heterocycles. The SMILES string of the molecule is COc1ccc(S(=O)(=O)N2CCN(c3nc(Cc4cccc(Br)c4)cs3)CC2)cc1OC.COc1cccc(Cc2csc(N3CCN(S(=O)(=O)c4ccc(OC)c(OC)c4)CC3)n2)c1. The molecular weight excluding hydrogens is 977 g/mol. The van der Waals surface area contributed by atoms with Crippen molar-refractivity contribution in [1.29, 1.82) is 0 Å². The van der Waals surface area contributed by atoms with Crippen molar-refractivity contribution in [2.24, 2.45) is 0 Å². The highest BCUT2D eigenvalue weighted by atomic mass is 79.9. The number of anilines is 2. The number of ether oxygens (including phenoxy) is 5. The molecule has 346 valence electrons. The lowest BCUT2D eigenvalue weighted by Gasteiger charge is -2.33. The summed E-state index contributed by atoms with van der Waals surface area (Å²) >= 11 is 6.69. The first kappa shape index (κ1) is 48.0. The fraction of sp³-hybridized carbons (Fsp3) is 0.333. The van der Waals surface area contributed by atoms with Crippen LogP contribution in [-0.2, 0) is 32.9 Å². The number of methoxy groups -OCH3 is 5. The van der Waals surface area contributed by atoms with E-state index in [0.29, 0.717) is 75.4 Å². The van der Waals surface area contributed by atoms with Crippen LogP contribution in [0.2, 0.25) is 0 Å². The van der Waals surface area contributed by atoms with E-state index in [1.807, 2.05) is 30.3 Å². The number of benzene rings is 4. The first-order valence-corrected chi connectivity index (χ1v) is 26.0. The third kappa shape index (κ3) is 11.5. The van der Waals surface area contributed by atoms with Crippen molar-refractivity contribution >= 4 is 68.9 Å². The Morgan fingerprint density at radius 3 is 1.37 bits per heavy atom. The smallest absolute Gasteiger partial charge is 0.243 e. The monoisotopic (exact) mass is 1030 g/mol. The van der Waals surface area contributed by atoms with Gasteiger partial charge >= 0.3 is 0 Å². The Kier molecular flexibility index (Phi) is 15.9. The van der Waals surface area contributed by atoms with Gasteiger partial charge in [0.05, 0.1) is 56.7 Å². The van der Waals surface area contributed by atoms with E-state index in [2.05, 4.69) is 54.7 Å². The Bertz CT molecular complexity index is 2770. The molecule has 0 unspecified atom stereocenters. The second-order valence-corrected chi connectivity index (χ2v) is 21.4. The average Bonchev–Trinajstić information content (AvgIpc) is 4.01. The van der Waals surface area contributed by atoms with E-state index >= 15 is 0 Å². The van der Waals surface area contributed by atoms with Crippen LogP contribution in [0.1, 0.15) is 22.5 Å². The zero-order chi connectivity index (χ0) is 46.1. The van der Waals surface area contributed by atoms with E-state index in [9.17, 15) is 16.8 Å². The van der Waals surface area contributed by atoms with E-state index in [4.69, 9.17) is 33.7 Å². The summed E-state index contributed by atoms with van der Waals surface area (Å²) in [7, 11) is 0.441. The van der Waals surface area contributed by atoms with Gasteiger partial charge in [0.15, 0.2) is 33.3 Å². The largest absolute Gasteiger partial charge is 0.497 e. The van der Waals surface area contributed by atoms with Crippen molar-refractivity contribution in [3.8, 4) is 28.7 Å². The van der Waals surface area contributed by atoms with Gasteiger partial charge < -0.3 is 33.5 Å². The molecular formula is C45H51BrN6O9S4. The van der Waals surface area contributed by atoms with Crippen LogP contribution in [0.25, 0.3) is 0 Å². The van der Waals surface area contributed by atoms with Crippen LogP contribution in [0.5, 0.6) is 28.7 Å². The number of sulfonamides is 2. The molecule has 15 nitrogen and oxygen atoms in total. The molecule has 2 aliphatic rings. The predicted molar refractivity (Wildman–Crippen MR) is 258 cm³/mol. The van der Waals surface area contributed by atoms with Gasteiger partial charge in [-0.05, 0) is 59.7 Å². The summed E-state index contributed by atoms with van der Waals surface area (Å²) < 4.78 is 82.9. The third-order valence-corrected chi connectivity index (χ3v) is 17.1. The van der Waals surface area contributed by atoms with Gasteiger partial charge in [0, 0.05) is 92.6 Å². The summed E-state index contributed by atoms with van der Waals surface area (Å²) in [5.41, 5.74) is 4.34. The third-order valence-electron chi connectivity index (χ3n) is 10.9. The highest BCUT2D eigenvalue weighted by Gasteiger charge is 2.32. The van der Waals surface area contributed by atoms with Crippen LogP contribution in [0.3, 0.4) is 0 Å². The van der Waals surface area contributed by atoms with Crippen molar-refractivity contribution in [2.45, 2.75) is 22.6 Å². The number of halogens is 1. The maximum absolute atomic E-state index is 13.1. The first-order valence-electron chi connectivity index (χ1n) is 20.6. The Balaban J connectivity index is 0.000000194. The Morgan fingerprint density at radius 2 is 0.954 bits per heavy atom. The first-order chi connectivity index (χ1) is 31.3. The van der Waals surface area contributed by atoms with Gasteiger partial charge in [0.2, 0.25) is 20.0 Å². The number of rotatable bonds is 15. The zero-order valence-electron chi connectivity index (χ0n) is 36.7. The van der Waals surface area contributed by atoms with Gasteiger partial charge in [-0.2, -0.15) is 8.61 Å². The maximum Gasteiger partial charge on any atom is 0.243 e. The topological polar surface area (TPSA) is 153 Å². The minimum absolute atomic E-state index is 0.198. The van der Waals surface area contributed by atoms with Crippen molar-refractivity contribution < 1.29 is 40.5 Å². The van der Waals surface area contributed by atoms with Crippen LogP contribution in [0.4, 0.5) is 10.3 Å². The van der Waals surface area contributed by atoms with E-state index < -0.39 is 20.0 Å². The van der Waals surface area contributed by atoms with E-state index in [-0.39, 0.29) is 9.79 Å². The summed E-state index contributed by atoms with van der Waals surface area (Å²) in [5.74, 6) is 2.61. The highest BCUT2D eigenvalue weighted by Crippen LogP contribution is 2.34. The summed E-state index contributed by atoms with van der Waals surface area (Å²) in [6.07, 6.45) is 1.49. The summed E-state index contributed by atoms with van der Waals surface area (Å²) in [6, 6.07) is 25.5. The van der Waals surface area contributed by atoms with Gasteiger partial charge in [-0.15, -0.1) is 22.7 Å². The molecule has 65 heavy (non-hydrogen) atoms. The molecule has 2 fully saturated rings. The van der Waals surface area contributed by atoms with Crippen molar-refractivity contribution in [2.75, 3.05) is 97.7 Å². The number of hydrogen-bond acceptors (Lipinski definition) is 15. The summed E-state index contributed by atoms with van der Waals surface area (Å²) in [6.45, 7) is 3.93. The second-order valence-electron chi connectivity index (χ2n) is 14.9. The molecule has 2 aliphatic heterocycles. The second kappa shape index (κ2) is 21.6. The molecule has 4 aromatic carbocycles. The lowest BCUT2D eigenvalue weighted by Crippen LogP contribution is -2.48. The van der Waals surface area contributed by atoms with Crippen LogP contribution >= 0.6 is 38.6 Å². The summed E-state index contributed by atoms with van der Waals surface area (Å²) in [4.78, 5) is 14.2. The molecule has 0 amide bonds. The average molecular weight is 1030 g/mol. The molecule has 0 aliphatic carbocycles. The lowest BCUT2D eigenvalue weighted by molar-refractivity contribution is 0.353. The number of nitrogens with zero attached hydrogens (tertiary/aromatic N) is 6. The number of hydrogen-bond donors (Lipinski definition) is 0. The molecule has 0 bridgehead atoms. The Labute approximate surface area is 397 Å². The van der Waals surface area contributed by atoms with Crippen molar-refractivity contribution in [3.63, 3.8) is 0 Å². The van der Waals surface area contributed by atoms with E-state index in [1.54, 1.807) is 54.0 Å². The van der Waals surface area contributed by atoms with Crippen molar-refractivity contribution in [1.82, 2.24) is 18.6 Å². The number of piperazine rings is 2. The zero-order valence-corrected chi connectivity index (χ0v) is 41.5. The molecule has 0 saturated carbocycles. The normalized spacial score (nSPS) is 14.9. The molecule has 0 spiro atoms. The van der Waals surface area contributed by atoms with Gasteiger partial charge in [0.25, 0.3) is 0 Å². The Hall–Kier alpha value is -4.96.